The summed E-state index contributed by atoms with van der Waals surface area (Å²) in [5, 5.41) is 25.0. The minimum atomic E-state index is -0.413. The van der Waals surface area contributed by atoms with Crippen molar-refractivity contribution in [2.24, 2.45) is 0 Å². The van der Waals surface area contributed by atoms with Crippen molar-refractivity contribution in [1.29, 1.82) is 0 Å². The highest BCUT2D eigenvalue weighted by molar-refractivity contribution is 5.96. The molecule has 0 heterocycles. The van der Waals surface area contributed by atoms with Gasteiger partial charge >= 0.3 is 0 Å². The quantitative estimate of drug-likeness (QED) is 0.507. The molecule has 0 aliphatic rings. The maximum atomic E-state index is 10.8. The van der Waals surface area contributed by atoms with Gasteiger partial charge in [-0.1, -0.05) is 43.2 Å². The summed E-state index contributed by atoms with van der Waals surface area (Å²) in [6, 6.07) is 8.72. The minimum absolute atomic E-state index is 0.236. The Balaban J connectivity index is 0.000000331. The number of carbonyl (C=O) groups excluding carboxylic acids is 1. The summed E-state index contributed by atoms with van der Waals surface area (Å²) < 4.78 is 0. The smallest absolute Gasteiger partial charge is 0.188 e. The average Bonchev–Trinajstić information content (AvgIpc) is 2.44. The minimum Gasteiger partial charge on any atom is -0.396 e. The third-order valence-corrected chi connectivity index (χ3v) is 2.31. The molecule has 18 heavy (non-hydrogen) atoms. The van der Waals surface area contributed by atoms with Crippen LogP contribution in [0, 0.1) is 0 Å². The molecular formula is C14H22O4. The summed E-state index contributed by atoms with van der Waals surface area (Å²) >= 11 is 0. The first-order chi connectivity index (χ1) is 8.76. The third-order valence-electron chi connectivity index (χ3n) is 2.31. The lowest BCUT2D eigenvalue weighted by Crippen LogP contribution is -2.02. The van der Waals surface area contributed by atoms with Crippen LogP contribution in [0.3, 0.4) is 0 Å². The zero-order valence-corrected chi connectivity index (χ0v) is 10.6. The molecular weight excluding hydrogens is 232 g/mol. The Morgan fingerprint density at radius 2 is 1.33 bits per heavy atom. The molecule has 1 aromatic rings. The van der Waals surface area contributed by atoms with Crippen LogP contribution in [0.5, 0.6) is 0 Å². The summed E-state index contributed by atoms with van der Waals surface area (Å²) in [6.07, 6.45) is 3.83. The fraction of sp³-hybridized carbons (Fsp3) is 0.500. The molecule has 0 aromatic heterocycles. The lowest BCUT2D eigenvalue weighted by atomic mass is 10.1. The molecule has 102 valence electrons. The Labute approximate surface area is 108 Å². The Morgan fingerprint density at radius 3 is 1.72 bits per heavy atom. The van der Waals surface area contributed by atoms with E-state index in [0.29, 0.717) is 5.56 Å². The SMILES string of the molecule is O=C(CO)c1ccccc1.OCCCCCCO. The van der Waals surface area contributed by atoms with E-state index in [1.165, 1.54) is 0 Å². The summed E-state index contributed by atoms with van der Waals surface area (Å²) in [5.41, 5.74) is 0.560. The fourth-order valence-corrected chi connectivity index (χ4v) is 1.29. The lowest BCUT2D eigenvalue weighted by Gasteiger charge is -1.93. The maximum absolute atomic E-state index is 10.8. The van der Waals surface area contributed by atoms with E-state index in [-0.39, 0.29) is 19.0 Å². The number of hydrogen-bond donors (Lipinski definition) is 3. The van der Waals surface area contributed by atoms with Crippen LogP contribution in [0.15, 0.2) is 30.3 Å². The molecule has 1 aromatic carbocycles. The molecule has 0 fully saturated rings. The molecule has 0 radical (unpaired) electrons. The molecule has 0 spiro atoms. The van der Waals surface area contributed by atoms with Gasteiger partial charge in [-0.3, -0.25) is 4.79 Å². The van der Waals surface area contributed by atoms with Crippen molar-refractivity contribution in [3.63, 3.8) is 0 Å². The standard InChI is InChI=1S/C8H8O2.C6H14O2/c9-6-8(10)7-4-2-1-3-5-7;7-5-3-1-2-4-6-8/h1-5,9H,6H2;7-8H,1-6H2. The molecule has 0 saturated heterocycles. The molecule has 3 N–H and O–H groups in total. The number of Topliss-reactive ketones (excluding diaryl/α,β-unsaturated/α-hetero) is 1. The molecule has 0 unspecified atom stereocenters. The summed E-state index contributed by atoms with van der Waals surface area (Å²) in [4.78, 5) is 10.8. The van der Waals surface area contributed by atoms with Crippen LogP contribution in [0.1, 0.15) is 36.0 Å². The highest BCUT2D eigenvalue weighted by Gasteiger charge is 1.99. The summed E-state index contributed by atoms with van der Waals surface area (Å²) in [6.45, 7) is 0.154. The van der Waals surface area contributed by atoms with E-state index < -0.39 is 6.61 Å². The van der Waals surface area contributed by atoms with Gasteiger partial charge in [-0.15, -0.1) is 0 Å². The Kier molecular flexibility index (Phi) is 11.4. The second-order valence-corrected chi connectivity index (χ2v) is 3.81. The maximum Gasteiger partial charge on any atom is 0.188 e. The van der Waals surface area contributed by atoms with Gasteiger partial charge in [0.25, 0.3) is 0 Å². The van der Waals surface area contributed by atoms with Crippen molar-refractivity contribution in [3.8, 4) is 0 Å². The number of hydrogen-bond acceptors (Lipinski definition) is 4. The van der Waals surface area contributed by atoms with Crippen molar-refractivity contribution in [2.45, 2.75) is 25.7 Å². The fourth-order valence-electron chi connectivity index (χ4n) is 1.29. The van der Waals surface area contributed by atoms with Crippen LogP contribution in [-0.2, 0) is 0 Å². The van der Waals surface area contributed by atoms with Gasteiger partial charge in [-0.05, 0) is 12.8 Å². The molecule has 0 aliphatic heterocycles. The van der Waals surface area contributed by atoms with Crippen molar-refractivity contribution in [2.75, 3.05) is 19.8 Å². The largest absolute Gasteiger partial charge is 0.396 e. The van der Waals surface area contributed by atoms with Crippen LogP contribution in [0.4, 0.5) is 0 Å². The van der Waals surface area contributed by atoms with Gasteiger partial charge in [0.05, 0.1) is 0 Å². The van der Waals surface area contributed by atoms with Crippen LogP contribution in [0.2, 0.25) is 0 Å². The van der Waals surface area contributed by atoms with Crippen molar-refractivity contribution in [3.05, 3.63) is 35.9 Å². The first kappa shape index (κ1) is 16.8. The summed E-state index contributed by atoms with van der Waals surface area (Å²) in [7, 11) is 0. The zero-order chi connectivity index (χ0) is 13.6. The lowest BCUT2D eigenvalue weighted by molar-refractivity contribution is 0.0903. The highest BCUT2D eigenvalue weighted by atomic mass is 16.3. The van der Waals surface area contributed by atoms with Crippen LogP contribution >= 0.6 is 0 Å². The van der Waals surface area contributed by atoms with Crippen molar-refractivity contribution in [1.82, 2.24) is 0 Å². The molecule has 0 aliphatic carbocycles. The van der Waals surface area contributed by atoms with E-state index in [4.69, 9.17) is 15.3 Å². The van der Waals surface area contributed by atoms with E-state index in [0.717, 1.165) is 25.7 Å². The van der Waals surface area contributed by atoms with Crippen LogP contribution in [0.25, 0.3) is 0 Å². The molecule has 0 atom stereocenters. The number of rotatable bonds is 7. The number of aliphatic hydroxyl groups excluding tert-OH is 3. The van der Waals surface area contributed by atoms with Crippen molar-refractivity contribution < 1.29 is 20.1 Å². The zero-order valence-electron chi connectivity index (χ0n) is 10.6. The molecule has 0 amide bonds. The molecule has 4 nitrogen and oxygen atoms in total. The predicted molar refractivity (Wildman–Crippen MR) is 70.5 cm³/mol. The second-order valence-electron chi connectivity index (χ2n) is 3.81. The Bertz CT molecular complexity index is 292. The van der Waals surface area contributed by atoms with Crippen molar-refractivity contribution >= 4 is 5.78 Å². The topological polar surface area (TPSA) is 77.8 Å². The van der Waals surface area contributed by atoms with E-state index in [2.05, 4.69) is 0 Å². The Hall–Kier alpha value is -1.23. The normalized spacial score (nSPS) is 9.50. The van der Waals surface area contributed by atoms with Gasteiger partial charge in [0, 0.05) is 18.8 Å². The first-order valence-corrected chi connectivity index (χ1v) is 6.17. The van der Waals surface area contributed by atoms with Gasteiger partial charge in [0.2, 0.25) is 0 Å². The van der Waals surface area contributed by atoms with E-state index in [1.807, 2.05) is 6.07 Å². The van der Waals surface area contributed by atoms with Gasteiger partial charge in [-0.2, -0.15) is 0 Å². The van der Waals surface area contributed by atoms with E-state index in [1.54, 1.807) is 24.3 Å². The monoisotopic (exact) mass is 254 g/mol. The molecule has 0 saturated carbocycles. The summed E-state index contributed by atoms with van der Waals surface area (Å²) in [5.74, 6) is -0.236. The molecule has 4 heteroatoms. The number of carbonyl (C=O) groups is 1. The predicted octanol–water partition coefficient (Wildman–Crippen LogP) is 1.39. The highest BCUT2D eigenvalue weighted by Crippen LogP contribution is 1.98. The van der Waals surface area contributed by atoms with Gasteiger partial charge in [0.15, 0.2) is 5.78 Å². The van der Waals surface area contributed by atoms with Crippen LogP contribution < -0.4 is 0 Å². The van der Waals surface area contributed by atoms with Gasteiger partial charge in [-0.25, -0.2) is 0 Å². The molecule has 1 rings (SSSR count). The second kappa shape index (κ2) is 12.2. The van der Waals surface area contributed by atoms with E-state index >= 15 is 0 Å². The average molecular weight is 254 g/mol. The van der Waals surface area contributed by atoms with Crippen LogP contribution in [-0.4, -0.2) is 40.9 Å². The first-order valence-electron chi connectivity index (χ1n) is 6.17. The van der Waals surface area contributed by atoms with Gasteiger partial charge in [0.1, 0.15) is 6.61 Å². The van der Waals surface area contributed by atoms with Gasteiger partial charge < -0.3 is 15.3 Å². The number of benzene rings is 1. The number of ketones is 1. The third kappa shape index (κ3) is 8.87. The Morgan fingerprint density at radius 1 is 0.833 bits per heavy atom. The number of unbranched alkanes of at least 4 members (excludes halogenated alkanes) is 3. The molecule has 0 bridgehead atoms. The van der Waals surface area contributed by atoms with E-state index in [9.17, 15) is 4.79 Å². The number of aliphatic hydroxyl groups is 3.